The Kier molecular flexibility index (Phi) is 7.25. The number of para-hydroxylation sites is 1. The van der Waals surface area contributed by atoms with Gasteiger partial charge in [-0.05, 0) is 51.0 Å². The third-order valence-corrected chi connectivity index (χ3v) is 7.95. The van der Waals surface area contributed by atoms with Crippen LogP contribution in [-0.4, -0.2) is 66.0 Å². The van der Waals surface area contributed by atoms with Crippen molar-refractivity contribution in [3.8, 4) is 5.75 Å². The third-order valence-electron chi connectivity index (χ3n) is 7.33. The van der Waals surface area contributed by atoms with Crippen LogP contribution in [0.25, 0.3) is 10.9 Å². The van der Waals surface area contributed by atoms with E-state index in [-0.39, 0.29) is 31.2 Å². The van der Waals surface area contributed by atoms with Crippen LogP contribution in [0.1, 0.15) is 43.6 Å². The molecule has 3 heterocycles. The maximum Gasteiger partial charge on any atom is 0.122 e. The minimum Gasteiger partial charge on any atom is -0.492 e. The molecule has 2 aromatic carbocycles. The highest BCUT2D eigenvalue weighted by molar-refractivity contribution is 6.36. The zero-order chi connectivity index (χ0) is 25.6. The highest BCUT2D eigenvalue weighted by Crippen LogP contribution is 2.46. The molecule has 0 bridgehead atoms. The molecular formula is C28H33Cl2F2N3O. The summed E-state index contributed by atoms with van der Waals surface area (Å²) in [6, 6.07) is 11.6. The topological polar surface area (TPSA) is 31.5 Å². The van der Waals surface area contributed by atoms with Crippen molar-refractivity contribution in [2.45, 2.75) is 44.9 Å². The number of H-pyrrole nitrogens is 1. The van der Waals surface area contributed by atoms with Crippen LogP contribution in [0.4, 0.5) is 8.78 Å². The number of ether oxygens (including phenoxy) is 1. The third kappa shape index (κ3) is 5.10. The Hall–Kier alpha value is -1.86. The molecule has 1 N–H and O–H groups in total. The largest absolute Gasteiger partial charge is 0.492 e. The molecule has 5 rings (SSSR count). The first-order valence-corrected chi connectivity index (χ1v) is 13.3. The van der Waals surface area contributed by atoms with E-state index in [4.69, 9.17) is 27.9 Å². The fourth-order valence-corrected chi connectivity index (χ4v) is 6.33. The SMILES string of the molecule is C[C@@H]1Cc2c([nH]c3ccccc23)[C@@H](c2c(Cl)cc(OCCN3CC(CF)C3)cc2Cl)N1CC(C)(C)F. The first kappa shape index (κ1) is 25.8. The van der Waals surface area contributed by atoms with Gasteiger partial charge in [0.25, 0.3) is 0 Å². The van der Waals surface area contributed by atoms with Crippen molar-refractivity contribution in [2.24, 2.45) is 5.92 Å². The van der Waals surface area contributed by atoms with E-state index in [2.05, 4.69) is 33.8 Å². The first-order valence-electron chi connectivity index (χ1n) is 12.6. The van der Waals surface area contributed by atoms with E-state index in [1.807, 2.05) is 12.1 Å². The summed E-state index contributed by atoms with van der Waals surface area (Å²) < 4.78 is 33.6. The second kappa shape index (κ2) is 10.1. The number of benzene rings is 2. The number of fused-ring (bicyclic) bond motifs is 3. The molecule has 2 aliphatic heterocycles. The minimum absolute atomic E-state index is 0.0875. The lowest BCUT2D eigenvalue weighted by molar-refractivity contribution is 0.0661. The average molecular weight is 536 g/mol. The van der Waals surface area contributed by atoms with Crippen LogP contribution in [0.2, 0.25) is 10.0 Å². The van der Waals surface area contributed by atoms with Gasteiger partial charge in [0.2, 0.25) is 0 Å². The average Bonchev–Trinajstić information content (AvgIpc) is 3.14. The van der Waals surface area contributed by atoms with Crippen LogP contribution < -0.4 is 4.74 Å². The Morgan fingerprint density at radius 2 is 1.83 bits per heavy atom. The van der Waals surface area contributed by atoms with Gasteiger partial charge in [-0.25, -0.2) is 4.39 Å². The van der Waals surface area contributed by atoms with Crippen LogP contribution in [0.3, 0.4) is 0 Å². The molecule has 194 valence electrons. The number of rotatable bonds is 8. The Morgan fingerprint density at radius 1 is 1.14 bits per heavy atom. The van der Waals surface area contributed by atoms with Gasteiger partial charge in [0.05, 0.1) is 22.8 Å². The van der Waals surface area contributed by atoms with E-state index in [1.54, 1.807) is 26.0 Å². The predicted molar refractivity (Wildman–Crippen MR) is 143 cm³/mol. The van der Waals surface area contributed by atoms with Crippen LogP contribution in [0.5, 0.6) is 5.75 Å². The first-order chi connectivity index (χ1) is 17.1. The minimum atomic E-state index is -1.39. The second-order valence-electron chi connectivity index (χ2n) is 10.8. The standard InChI is InChI=1S/C28H33Cl2F2N3O/c1-17-10-21-20-6-4-5-7-24(20)33-26(21)27(35(17)16-28(2,3)32)25-22(29)11-19(12-23(25)30)36-9-8-34-14-18(13-31)15-34/h4-7,11-12,17-18,27,33H,8-10,13-16H2,1-3H3/t17-,27-/m1/s1. The smallest absolute Gasteiger partial charge is 0.122 e. The summed E-state index contributed by atoms with van der Waals surface area (Å²) in [4.78, 5) is 7.92. The molecule has 0 spiro atoms. The molecule has 4 nitrogen and oxygen atoms in total. The second-order valence-corrected chi connectivity index (χ2v) is 11.7. The molecule has 0 saturated carbocycles. The van der Waals surface area contributed by atoms with Crippen molar-refractivity contribution in [1.82, 2.24) is 14.8 Å². The number of aromatic amines is 1. The Morgan fingerprint density at radius 3 is 2.50 bits per heavy atom. The van der Waals surface area contributed by atoms with Gasteiger partial charge in [0.1, 0.15) is 18.0 Å². The summed E-state index contributed by atoms with van der Waals surface area (Å²) >= 11 is 13.8. The lowest BCUT2D eigenvalue weighted by atomic mass is 9.87. The number of nitrogens with zero attached hydrogens (tertiary/aromatic N) is 2. The molecule has 0 amide bonds. The summed E-state index contributed by atoms with van der Waals surface area (Å²) in [7, 11) is 0. The van der Waals surface area contributed by atoms with E-state index in [1.165, 1.54) is 10.9 Å². The molecule has 0 unspecified atom stereocenters. The van der Waals surface area contributed by atoms with E-state index >= 15 is 4.39 Å². The molecular weight excluding hydrogens is 503 g/mol. The van der Waals surface area contributed by atoms with Crippen LogP contribution in [0.15, 0.2) is 36.4 Å². The van der Waals surface area contributed by atoms with Gasteiger partial charge in [-0.1, -0.05) is 41.4 Å². The molecule has 0 aliphatic carbocycles. The van der Waals surface area contributed by atoms with Crippen LogP contribution in [-0.2, 0) is 6.42 Å². The molecule has 1 aromatic heterocycles. The van der Waals surface area contributed by atoms with Crippen LogP contribution >= 0.6 is 23.2 Å². The Balaban J connectivity index is 1.47. The van der Waals surface area contributed by atoms with E-state index in [0.717, 1.165) is 42.8 Å². The predicted octanol–water partition coefficient (Wildman–Crippen LogP) is 6.84. The number of alkyl halides is 2. The van der Waals surface area contributed by atoms with Crippen molar-refractivity contribution in [1.29, 1.82) is 0 Å². The van der Waals surface area contributed by atoms with Gasteiger partial charge >= 0.3 is 0 Å². The zero-order valence-electron chi connectivity index (χ0n) is 21.0. The fraction of sp³-hybridized carbons (Fsp3) is 0.500. The van der Waals surface area contributed by atoms with Gasteiger partial charge in [-0.15, -0.1) is 0 Å². The number of likely N-dealkylation sites (tertiary alicyclic amines) is 1. The lowest BCUT2D eigenvalue weighted by Gasteiger charge is -2.43. The summed E-state index contributed by atoms with van der Waals surface area (Å²) in [6.45, 7) is 8.06. The summed E-state index contributed by atoms with van der Waals surface area (Å²) in [5.74, 6) is 0.743. The van der Waals surface area contributed by atoms with E-state index in [0.29, 0.717) is 22.4 Å². The van der Waals surface area contributed by atoms with Crippen molar-refractivity contribution >= 4 is 34.1 Å². The Labute approximate surface area is 221 Å². The highest BCUT2D eigenvalue weighted by Gasteiger charge is 2.40. The highest BCUT2D eigenvalue weighted by atomic mass is 35.5. The Bertz CT molecular complexity index is 1210. The van der Waals surface area contributed by atoms with Crippen molar-refractivity contribution in [3.63, 3.8) is 0 Å². The summed E-state index contributed by atoms with van der Waals surface area (Å²) in [5, 5.41) is 2.16. The van der Waals surface area contributed by atoms with Crippen LogP contribution in [0, 0.1) is 5.92 Å². The van der Waals surface area contributed by atoms with Crippen molar-refractivity contribution in [2.75, 3.05) is 39.5 Å². The number of aromatic nitrogens is 1. The molecule has 2 atom stereocenters. The molecule has 0 radical (unpaired) electrons. The molecule has 36 heavy (non-hydrogen) atoms. The van der Waals surface area contributed by atoms with Crippen molar-refractivity contribution < 1.29 is 13.5 Å². The molecule has 8 heteroatoms. The summed E-state index contributed by atoms with van der Waals surface area (Å²) in [5.41, 5.74) is 2.65. The van der Waals surface area contributed by atoms with Gasteiger partial charge in [-0.2, -0.15) is 0 Å². The number of nitrogens with one attached hydrogen (secondary N) is 1. The fourth-order valence-electron chi connectivity index (χ4n) is 5.65. The van der Waals surface area contributed by atoms with Crippen molar-refractivity contribution in [3.05, 3.63) is 63.3 Å². The van der Waals surface area contributed by atoms with Gasteiger partial charge in [-0.3, -0.25) is 14.2 Å². The summed E-state index contributed by atoms with van der Waals surface area (Å²) in [6.07, 6.45) is 0.808. The van der Waals surface area contributed by atoms with E-state index < -0.39 is 5.67 Å². The maximum absolute atomic E-state index is 15.0. The van der Waals surface area contributed by atoms with Gasteiger partial charge < -0.3 is 9.72 Å². The molecule has 1 saturated heterocycles. The molecule has 2 aliphatic rings. The normalized spacial score (nSPS) is 21.5. The quantitative estimate of drug-likeness (QED) is 0.342. The van der Waals surface area contributed by atoms with E-state index in [9.17, 15) is 4.39 Å². The molecule has 1 fully saturated rings. The number of hydrogen-bond donors (Lipinski definition) is 1. The molecule has 3 aromatic rings. The number of hydrogen-bond acceptors (Lipinski definition) is 3. The van der Waals surface area contributed by atoms with Gasteiger partial charge in [0, 0.05) is 60.3 Å². The monoisotopic (exact) mass is 535 g/mol. The number of halogens is 4. The lowest BCUT2D eigenvalue weighted by Crippen LogP contribution is -2.49. The zero-order valence-corrected chi connectivity index (χ0v) is 22.5. The van der Waals surface area contributed by atoms with Gasteiger partial charge in [0.15, 0.2) is 0 Å². The maximum atomic E-state index is 15.0.